The summed E-state index contributed by atoms with van der Waals surface area (Å²) in [6, 6.07) is 10.3. The number of carbonyl (C=O) groups is 1. The monoisotopic (exact) mass is 360 g/mol. The molecule has 142 valence electrons. The molecule has 0 atom stereocenters. The molecule has 4 nitrogen and oxygen atoms in total. The van der Waals surface area contributed by atoms with Gasteiger partial charge in [-0.2, -0.15) is 0 Å². The number of amides is 1. The summed E-state index contributed by atoms with van der Waals surface area (Å²) in [5.41, 5.74) is 0.457. The minimum atomic E-state index is -0.213. The van der Waals surface area contributed by atoms with Crippen molar-refractivity contribution in [3.05, 3.63) is 59.3 Å². The zero-order valence-corrected chi connectivity index (χ0v) is 16.3. The minimum Gasteiger partial charge on any atom is -0.455 e. The van der Waals surface area contributed by atoms with E-state index in [0.29, 0.717) is 42.6 Å². The third-order valence-electron chi connectivity index (χ3n) is 4.17. The SMILES string of the molecule is CC(C)CNC(=O)c1ccc(CN(Cc2ccccc2F)C(C)(C)C)o1. The van der Waals surface area contributed by atoms with Crippen molar-refractivity contribution in [3.8, 4) is 0 Å². The van der Waals surface area contributed by atoms with Gasteiger partial charge in [-0.15, -0.1) is 0 Å². The fourth-order valence-corrected chi connectivity index (χ4v) is 2.52. The summed E-state index contributed by atoms with van der Waals surface area (Å²) in [4.78, 5) is 14.2. The molecule has 0 unspecified atom stereocenters. The number of nitrogens with zero attached hydrogens (tertiary/aromatic N) is 1. The topological polar surface area (TPSA) is 45.5 Å². The van der Waals surface area contributed by atoms with E-state index in [4.69, 9.17) is 4.42 Å². The average Bonchev–Trinajstić information content (AvgIpc) is 3.01. The first-order chi connectivity index (χ1) is 12.2. The molecule has 0 fully saturated rings. The molecule has 0 aliphatic rings. The predicted octanol–water partition coefficient (Wildman–Crippen LogP) is 4.61. The van der Waals surface area contributed by atoms with Crippen molar-refractivity contribution < 1.29 is 13.6 Å². The summed E-state index contributed by atoms with van der Waals surface area (Å²) >= 11 is 0. The molecule has 0 spiro atoms. The zero-order valence-electron chi connectivity index (χ0n) is 16.3. The fraction of sp³-hybridized carbons (Fsp3) is 0.476. The Morgan fingerprint density at radius 2 is 1.85 bits per heavy atom. The van der Waals surface area contributed by atoms with E-state index >= 15 is 0 Å². The second kappa shape index (κ2) is 8.49. The first-order valence-corrected chi connectivity index (χ1v) is 9.02. The smallest absolute Gasteiger partial charge is 0.287 e. The van der Waals surface area contributed by atoms with Crippen molar-refractivity contribution in [2.45, 2.75) is 53.2 Å². The maximum absolute atomic E-state index is 14.0. The molecule has 0 aliphatic carbocycles. The lowest BCUT2D eigenvalue weighted by Gasteiger charge is -2.35. The van der Waals surface area contributed by atoms with Gasteiger partial charge in [-0.05, 0) is 44.9 Å². The fourth-order valence-electron chi connectivity index (χ4n) is 2.52. The molecule has 0 aliphatic heterocycles. The molecular formula is C21H29FN2O2. The third-order valence-corrected chi connectivity index (χ3v) is 4.17. The van der Waals surface area contributed by atoms with E-state index in [-0.39, 0.29) is 17.3 Å². The summed E-state index contributed by atoms with van der Waals surface area (Å²) < 4.78 is 19.8. The van der Waals surface area contributed by atoms with Crippen LogP contribution in [0.1, 0.15) is 56.5 Å². The van der Waals surface area contributed by atoms with Crippen molar-refractivity contribution in [1.82, 2.24) is 10.2 Å². The quantitative estimate of drug-likeness (QED) is 0.784. The highest BCUT2D eigenvalue weighted by atomic mass is 19.1. The van der Waals surface area contributed by atoms with Crippen LogP contribution in [0.2, 0.25) is 0 Å². The van der Waals surface area contributed by atoms with Gasteiger partial charge in [0, 0.05) is 24.2 Å². The average molecular weight is 360 g/mol. The summed E-state index contributed by atoms with van der Waals surface area (Å²) in [6.07, 6.45) is 0. The van der Waals surface area contributed by atoms with Crippen LogP contribution in [-0.2, 0) is 13.1 Å². The van der Waals surface area contributed by atoms with E-state index in [1.165, 1.54) is 6.07 Å². The Hall–Kier alpha value is -2.14. The van der Waals surface area contributed by atoms with Gasteiger partial charge in [0.1, 0.15) is 11.6 Å². The number of halogens is 1. The molecule has 1 heterocycles. The van der Waals surface area contributed by atoms with Gasteiger partial charge < -0.3 is 9.73 Å². The normalized spacial score (nSPS) is 12.0. The van der Waals surface area contributed by atoms with E-state index in [1.54, 1.807) is 18.2 Å². The lowest BCUT2D eigenvalue weighted by atomic mass is 10.0. The van der Waals surface area contributed by atoms with Crippen LogP contribution in [0, 0.1) is 11.7 Å². The van der Waals surface area contributed by atoms with Crippen molar-refractivity contribution in [2.24, 2.45) is 5.92 Å². The Bertz CT molecular complexity index is 732. The number of hydrogen-bond acceptors (Lipinski definition) is 3. The van der Waals surface area contributed by atoms with Crippen LogP contribution in [-0.4, -0.2) is 22.9 Å². The van der Waals surface area contributed by atoms with Gasteiger partial charge in [0.25, 0.3) is 5.91 Å². The molecule has 26 heavy (non-hydrogen) atoms. The van der Waals surface area contributed by atoms with Crippen LogP contribution in [0.3, 0.4) is 0 Å². The second-order valence-electron chi connectivity index (χ2n) is 7.99. The molecular weight excluding hydrogens is 331 g/mol. The first kappa shape index (κ1) is 20.2. The standard InChI is InChI=1S/C21H29FN2O2/c1-15(2)12-23-20(25)19-11-10-17(26-19)14-24(21(3,4)5)13-16-8-6-7-9-18(16)22/h6-11,15H,12-14H2,1-5H3,(H,23,25). The molecule has 1 aromatic carbocycles. The van der Waals surface area contributed by atoms with Crippen molar-refractivity contribution in [2.75, 3.05) is 6.54 Å². The molecule has 2 aromatic rings. The zero-order chi connectivity index (χ0) is 19.3. The minimum absolute atomic E-state index is 0.185. The highest BCUT2D eigenvalue weighted by Gasteiger charge is 2.24. The molecule has 0 radical (unpaired) electrons. The van der Waals surface area contributed by atoms with Crippen LogP contribution in [0.15, 0.2) is 40.8 Å². The second-order valence-corrected chi connectivity index (χ2v) is 7.99. The van der Waals surface area contributed by atoms with Crippen molar-refractivity contribution in [3.63, 3.8) is 0 Å². The van der Waals surface area contributed by atoms with E-state index in [0.717, 1.165) is 0 Å². The number of nitrogens with one attached hydrogen (secondary N) is 1. The highest BCUT2D eigenvalue weighted by Crippen LogP contribution is 2.22. The van der Waals surface area contributed by atoms with E-state index < -0.39 is 0 Å². The Balaban J connectivity index is 2.10. The highest BCUT2D eigenvalue weighted by molar-refractivity contribution is 5.91. The molecule has 1 amide bonds. The van der Waals surface area contributed by atoms with Gasteiger partial charge in [0.05, 0.1) is 6.54 Å². The van der Waals surface area contributed by atoms with Gasteiger partial charge in [0.2, 0.25) is 0 Å². The lowest BCUT2D eigenvalue weighted by molar-refractivity contribution is 0.0901. The number of rotatable bonds is 7. The van der Waals surface area contributed by atoms with Crippen molar-refractivity contribution in [1.29, 1.82) is 0 Å². The first-order valence-electron chi connectivity index (χ1n) is 9.02. The summed E-state index contributed by atoms with van der Waals surface area (Å²) in [5.74, 6) is 0.952. The van der Waals surface area contributed by atoms with Gasteiger partial charge in [-0.1, -0.05) is 32.0 Å². The summed E-state index contributed by atoms with van der Waals surface area (Å²) in [6.45, 7) is 11.9. The molecule has 1 aromatic heterocycles. The maximum atomic E-state index is 14.0. The molecule has 2 rings (SSSR count). The molecule has 1 N–H and O–H groups in total. The Morgan fingerprint density at radius 3 is 2.46 bits per heavy atom. The molecule has 0 saturated heterocycles. The number of carbonyl (C=O) groups excluding carboxylic acids is 1. The van der Waals surface area contributed by atoms with Crippen LogP contribution in [0.4, 0.5) is 4.39 Å². The molecule has 0 saturated carbocycles. The van der Waals surface area contributed by atoms with E-state index in [1.807, 2.05) is 26.0 Å². The predicted molar refractivity (Wildman–Crippen MR) is 101 cm³/mol. The molecule has 5 heteroatoms. The number of hydrogen-bond donors (Lipinski definition) is 1. The summed E-state index contributed by atoms with van der Waals surface area (Å²) in [7, 11) is 0. The van der Waals surface area contributed by atoms with E-state index in [2.05, 4.69) is 31.0 Å². The van der Waals surface area contributed by atoms with Crippen LogP contribution >= 0.6 is 0 Å². The summed E-state index contributed by atoms with van der Waals surface area (Å²) in [5, 5.41) is 2.85. The van der Waals surface area contributed by atoms with Gasteiger partial charge in [-0.3, -0.25) is 9.69 Å². The maximum Gasteiger partial charge on any atom is 0.287 e. The number of furan rings is 1. The van der Waals surface area contributed by atoms with Gasteiger partial charge >= 0.3 is 0 Å². The van der Waals surface area contributed by atoms with Crippen LogP contribution in [0.5, 0.6) is 0 Å². The van der Waals surface area contributed by atoms with Crippen molar-refractivity contribution >= 4 is 5.91 Å². The van der Waals surface area contributed by atoms with Crippen LogP contribution < -0.4 is 5.32 Å². The van der Waals surface area contributed by atoms with Gasteiger partial charge in [0.15, 0.2) is 5.76 Å². The molecule has 0 bridgehead atoms. The van der Waals surface area contributed by atoms with Gasteiger partial charge in [-0.25, -0.2) is 4.39 Å². The Morgan fingerprint density at radius 1 is 1.15 bits per heavy atom. The lowest BCUT2D eigenvalue weighted by Crippen LogP contribution is -2.40. The van der Waals surface area contributed by atoms with E-state index in [9.17, 15) is 9.18 Å². The number of benzene rings is 1. The van der Waals surface area contributed by atoms with Crippen LogP contribution in [0.25, 0.3) is 0 Å². The Labute approximate surface area is 155 Å². The Kier molecular flexibility index (Phi) is 6.59. The third kappa shape index (κ3) is 5.70. The largest absolute Gasteiger partial charge is 0.455 e.